The molecular weight excluding hydrogens is 402 g/mol. The maximum Gasteiger partial charge on any atom is 0.313 e. The van der Waals surface area contributed by atoms with E-state index in [4.69, 9.17) is 8.83 Å². The zero-order chi connectivity index (χ0) is 21.8. The number of nitrogens with zero attached hydrogens (tertiary/aromatic N) is 1. The summed E-state index contributed by atoms with van der Waals surface area (Å²) in [6.45, 7) is 0.310. The molecule has 1 aromatic carbocycles. The molecule has 9 nitrogen and oxygen atoms in total. The molecule has 0 bridgehead atoms. The van der Waals surface area contributed by atoms with Crippen LogP contribution >= 0.6 is 0 Å². The van der Waals surface area contributed by atoms with E-state index < -0.39 is 17.4 Å². The minimum absolute atomic E-state index is 0.0256. The summed E-state index contributed by atoms with van der Waals surface area (Å²) in [6, 6.07) is 11.4. The minimum Gasteiger partial charge on any atom is -0.472 e. The summed E-state index contributed by atoms with van der Waals surface area (Å²) in [5.74, 6) is -1.62. The van der Waals surface area contributed by atoms with Gasteiger partial charge >= 0.3 is 11.8 Å². The maximum atomic E-state index is 12.4. The topological polar surface area (TPSA) is 125 Å². The van der Waals surface area contributed by atoms with Crippen LogP contribution in [0.2, 0.25) is 0 Å². The lowest BCUT2D eigenvalue weighted by atomic mass is 9.93. The van der Waals surface area contributed by atoms with E-state index in [0.29, 0.717) is 29.9 Å². The lowest BCUT2D eigenvalue weighted by Crippen LogP contribution is -2.45. The number of hydrogen-bond acceptors (Lipinski definition) is 6. The van der Waals surface area contributed by atoms with Crippen molar-refractivity contribution in [3.8, 4) is 0 Å². The second-order valence-corrected chi connectivity index (χ2v) is 7.19. The Balaban J connectivity index is 1.42. The van der Waals surface area contributed by atoms with Gasteiger partial charge in [-0.15, -0.1) is 0 Å². The first-order chi connectivity index (χ1) is 15.0. The van der Waals surface area contributed by atoms with Crippen LogP contribution < -0.4 is 15.5 Å². The van der Waals surface area contributed by atoms with E-state index in [1.165, 1.54) is 18.8 Å². The van der Waals surface area contributed by atoms with Gasteiger partial charge in [0.2, 0.25) is 5.91 Å². The van der Waals surface area contributed by atoms with Gasteiger partial charge in [-0.1, -0.05) is 6.07 Å². The summed E-state index contributed by atoms with van der Waals surface area (Å²) >= 11 is 0. The lowest BCUT2D eigenvalue weighted by molar-refractivity contribution is -0.136. The third-order valence-electron chi connectivity index (χ3n) is 5.13. The lowest BCUT2D eigenvalue weighted by Gasteiger charge is -2.25. The molecule has 3 N–H and O–H groups in total. The zero-order valence-corrected chi connectivity index (χ0v) is 16.5. The number of carbonyl (C=O) groups is 3. The number of furan rings is 2. The Bertz CT molecular complexity index is 1040. The molecule has 31 heavy (non-hydrogen) atoms. The first kappa shape index (κ1) is 20.4. The van der Waals surface area contributed by atoms with Crippen LogP contribution in [0.3, 0.4) is 0 Å². The molecule has 3 aromatic rings. The Morgan fingerprint density at radius 3 is 2.68 bits per heavy atom. The summed E-state index contributed by atoms with van der Waals surface area (Å²) in [5.41, 5.74) is -0.296. The van der Waals surface area contributed by atoms with Crippen molar-refractivity contribution in [1.82, 2.24) is 5.32 Å². The summed E-state index contributed by atoms with van der Waals surface area (Å²) in [6.07, 6.45) is 5.39. The molecule has 0 spiro atoms. The third kappa shape index (κ3) is 4.22. The van der Waals surface area contributed by atoms with E-state index in [1.807, 2.05) is 0 Å². The molecule has 2 aromatic heterocycles. The highest BCUT2D eigenvalue weighted by molar-refractivity contribution is 6.39. The molecule has 4 rings (SSSR count). The van der Waals surface area contributed by atoms with E-state index in [2.05, 4.69) is 10.6 Å². The molecule has 1 aliphatic rings. The summed E-state index contributed by atoms with van der Waals surface area (Å²) < 4.78 is 10.3. The normalized spacial score (nSPS) is 15.5. The minimum atomic E-state index is -1.71. The van der Waals surface area contributed by atoms with Crippen LogP contribution in [0.15, 0.2) is 70.1 Å². The van der Waals surface area contributed by atoms with Gasteiger partial charge in [0.05, 0.1) is 25.3 Å². The molecule has 160 valence electrons. The van der Waals surface area contributed by atoms with E-state index in [9.17, 15) is 19.5 Å². The van der Waals surface area contributed by atoms with Gasteiger partial charge in [-0.25, -0.2) is 0 Å². The molecule has 1 unspecified atom stereocenters. The van der Waals surface area contributed by atoms with Crippen molar-refractivity contribution < 1.29 is 28.3 Å². The molecule has 9 heteroatoms. The van der Waals surface area contributed by atoms with Gasteiger partial charge in [0.25, 0.3) is 0 Å². The quantitative estimate of drug-likeness (QED) is 0.521. The van der Waals surface area contributed by atoms with Crippen LogP contribution in [-0.4, -0.2) is 35.9 Å². The fourth-order valence-corrected chi connectivity index (χ4v) is 3.49. The van der Waals surface area contributed by atoms with Crippen molar-refractivity contribution in [1.29, 1.82) is 0 Å². The van der Waals surface area contributed by atoms with E-state index >= 15 is 0 Å². The number of nitrogens with one attached hydrogen (secondary N) is 2. The van der Waals surface area contributed by atoms with Gasteiger partial charge in [0, 0.05) is 29.9 Å². The van der Waals surface area contributed by atoms with Crippen LogP contribution in [0.25, 0.3) is 0 Å². The molecule has 3 heterocycles. The van der Waals surface area contributed by atoms with Gasteiger partial charge in [0.15, 0.2) is 5.60 Å². The third-order valence-corrected chi connectivity index (χ3v) is 5.13. The van der Waals surface area contributed by atoms with Gasteiger partial charge in [0.1, 0.15) is 5.76 Å². The Morgan fingerprint density at radius 2 is 2.00 bits per heavy atom. The molecule has 1 fully saturated rings. The van der Waals surface area contributed by atoms with Crippen molar-refractivity contribution in [2.45, 2.75) is 18.4 Å². The largest absolute Gasteiger partial charge is 0.472 e. The van der Waals surface area contributed by atoms with Crippen molar-refractivity contribution in [2.75, 3.05) is 23.3 Å². The van der Waals surface area contributed by atoms with Crippen LogP contribution in [0, 0.1) is 0 Å². The number of amides is 3. The van der Waals surface area contributed by atoms with Crippen LogP contribution in [0.1, 0.15) is 24.2 Å². The first-order valence-corrected chi connectivity index (χ1v) is 9.76. The van der Waals surface area contributed by atoms with Gasteiger partial charge < -0.3 is 29.5 Å². The Labute approximate surface area is 177 Å². The SMILES string of the molecule is O=C(NCC(O)(c1ccoc1)c1ccco1)C(=O)Nc1cccc(N2CCCC2=O)c1. The predicted octanol–water partition coefficient (Wildman–Crippen LogP) is 1.99. The van der Waals surface area contributed by atoms with Gasteiger partial charge in [-0.3, -0.25) is 14.4 Å². The molecule has 0 radical (unpaired) electrons. The average molecular weight is 423 g/mol. The standard InChI is InChI=1S/C22H21N3O6/c26-19-7-2-9-25(19)17-5-1-4-16(12-17)24-21(28)20(27)23-14-22(29,15-8-11-30-13-15)18-6-3-10-31-18/h1,3-6,8,10-13,29H,2,7,9,14H2,(H,23,27)(H,24,28). The second kappa shape index (κ2) is 8.49. The highest BCUT2D eigenvalue weighted by Gasteiger charge is 2.36. The number of benzene rings is 1. The molecular formula is C22H21N3O6. The summed E-state index contributed by atoms with van der Waals surface area (Å²) in [4.78, 5) is 38.3. The molecule has 3 amide bonds. The number of anilines is 2. The zero-order valence-electron chi connectivity index (χ0n) is 16.5. The number of aliphatic hydroxyl groups is 1. The van der Waals surface area contributed by atoms with Crippen LogP contribution in [-0.2, 0) is 20.0 Å². The fraction of sp³-hybridized carbons (Fsp3) is 0.227. The smallest absolute Gasteiger partial charge is 0.313 e. The maximum absolute atomic E-state index is 12.4. The van der Waals surface area contributed by atoms with Crippen molar-refractivity contribution in [2.24, 2.45) is 0 Å². The molecule has 0 saturated carbocycles. The van der Waals surface area contributed by atoms with Crippen LogP contribution in [0.4, 0.5) is 11.4 Å². The number of rotatable bonds is 6. The number of hydrogen-bond donors (Lipinski definition) is 3. The highest BCUT2D eigenvalue weighted by Crippen LogP contribution is 2.30. The van der Waals surface area contributed by atoms with E-state index in [1.54, 1.807) is 47.4 Å². The Morgan fingerprint density at radius 1 is 1.13 bits per heavy atom. The molecule has 1 saturated heterocycles. The second-order valence-electron chi connectivity index (χ2n) is 7.19. The summed E-state index contributed by atoms with van der Waals surface area (Å²) in [7, 11) is 0. The fourth-order valence-electron chi connectivity index (χ4n) is 3.49. The van der Waals surface area contributed by atoms with Crippen molar-refractivity contribution in [3.63, 3.8) is 0 Å². The predicted molar refractivity (Wildman–Crippen MR) is 110 cm³/mol. The monoisotopic (exact) mass is 423 g/mol. The highest BCUT2D eigenvalue weighted by atomic mass is 16.4. The Hall–Kier alpha value is -3.85. The first-order valence-electron chi connectivity index (χ1n) is 9.76. The number of carbonyl (C=O) groups excluding carboxylic acids is 3. The summed E-state index contributed by atoms with van der Waals surface area (Å²) in [5, 5.41) is 16.0. The molecule has 1 atom stereocenters. The van der Waals surface area contributed by atoms with Crippen LogP contribution in [0.5, 0.6) is 0 Å². The Kier molecular flexibility index (Phi) is 5.59. The van der Waals surface area contributed by atoms with Crippen molar-refractivity contribution >= 4 is 29.1 Å². The molecule has 0 aliphatic carbocycles. The van der Waals surface area contributed by atoms with Gasteiger partial charge in [-0.05, 0) is 42.8 Å². The average Bonchev–Trinajstić information content (AvgIpc) is 3.54. The molecule has 1 aliphatic heterocycles. The van der Waals surface area contributed by atoms with Crippen molar-refractivity contribution in [3.05, 3.63) is 72.6 Å². The van der Waals surface area contributed by atoms with Gasteiger partial charge in [-0.2, -0.15) is 0 Å². The van der Waals surface area contributed by atoms with E-state index in [-0.39, 0.29) is 18.2 Å². The van der Waals surface area contributed by atoms with E-state index in [0.717, 1.165) is 6.42 Å².